The highest BCUT2D eigenvalue weighted by Crippen LogP contribution is 2.22. The lowest BCUT2D eigenvalue weighted by Crippen LogP contribution is -2.47. The minimum Gasteiger partial charge on any atom is -0.320 e. The number of carbonyl (C=O) groups excluding carboxylic acids is 1. The van der Waals surface area contributed by atoms with Gasteiger partial charge in [-0.15, -0.1) is 0 Å². The van der Waals surface area contributed by atoms with Crippen molar-refractivity contribution in [1.29, 1.82) is 0 Å². The summed E-state index contributed by atoms with van der Waals surface area (Å²) < 4.78 is 0. The third-order valence-electron chi connectivity index (χ3n) is 2.03. The van der Waals surface area contributed by atoms with Crippen molar-refractivity contribution in [2.24, 2.45) is 5.73 Å². The first-order valence-electron chi connectivity index (χ1n) is 3.92. The van der Waals surface area contributed by atoms with Crippen LogP contribution in [0.15, 0.2) is 18.3 Å². The molecule has 0 spiro atoms. The number of rotatable bonds is 0. The molecule has 1 aromatic heterocycles. The third-order valence-corrected chi connectivity index (χ3v) is 2.03. The smallest absolute Gasteiger partial charge is 0.269 e. The van der Waals surface area contributed by atoms with Crippen molar-refractivity contribution in [1.82, 2.24) is 4.98 Å². The fourth-order valence-electron chi connectivity index (χ4n) is 1.37. The summed E-state index contributed by atoms with van der Waals surface area (Å²) in [7, 11) is 0. The van der Waals surface area contributed by atoms with Crippen LogP contribution in [0.4, 0.5) is 5.82 Å². The number of fused-ring (bicyclic) bond motifs is 1. The van der Waals surface area contributed by atoms with Gasteiger partial charge < -0.3 is 5.73 Å². The number of pyridine rings is 1. The van der Waals surface area contributed by atoms with Gasteiger partial charge in [0.2, 0.25) is 0 Å². The van der Waals surface area contributed by atoms with Gasteiger partial charge in [-0.2, -0.15) is 5.06 Å². The van der Waals surface area contributed by atoms with E-state index < -0.39 is 11.9 Å². The highest BCUT2D eigenvalue weighted by molar-refractivity contribution is 5.96. The van der Waals surface area contributed by atoms with Crippen molar-refractivity contribution in [2.75, 3.05) is 5.06 Å². The van der Waals surface area contributed by atoms with E-state index in [2.05, 4.69) is 4.98 Å². The predicted molar refractivity (Wildman–Crippen MR) is 45.2 cm³/mol. The Kier molecular flexibility index (Phi) is 1.75. The molecule has 1 aliphatic rings. The summed E-state index contributed by atoms with van der Waals surface area (Å²) >= 11 is 0. The van der Waals surface area contributed by atoms with Crippen LogP contribution in [-0.4, -0.2) is 22.1 Å². The Balaban J connectivity index is 2.49. The minimum atomic E-state index is -0.665. The Labute approximate surface area is 74.7 Å². The predicted octanol–water partition coefficient (Wildman–Crippen LogP) is -0.313. The summed E-state index contributed by atoms with van der Waals surface area (Å²) in [6.07, 6.45) is 1.95. The van der Waals surface area contributed by atoms with Gasteiger partial charge in [-0.1, -0.05) is 6.07 Å². The van der Waals surface area contributed by atoms with Crippen LogP contribution in [0.2, 0.25) is 0 Å². The van der Waals surface area contributed by atoms with Crippen LogP contribution in [0, 0.1) is 0 Å². The molecule has 1 amide bonds. The molecule has 0 aliphatic carbocycles. The van der Waals surface area contributed by atoms with E-state index in [1.807, 2.05) is 0 Å². The van der Waals surface area contributed by atoms with Crippen LogP contribution in [0.3, 0.4) is 0 Å². The molecule has 0 saturated heterocycles. The van der Waals surface area contributed by atoms with Gasteiger partial charge in [-0.3, -0.25) is 10.0 Å². The first-order chi connectivity index (χ1) is 6.20. The molecule has 0 saturated carbocycles. The molecule has 1 aromatic rings. The lowest BCUT2D eigenvalue weighted by Gasteiger charge is -2.25. The molecule has 13 heavy (non-hydrogen) atoms. The van der Waals surface area contributed by atoms with Gasteiger partial charge in [0, 0.05) is 12.6 Å². The van der Waals surface area contributed by atoms with Crippen molar-refractivity contribution in [2.45, 2.75) is 12.5 Å². The largest absolute Gasteiger partial charge is 0.320 e. The second-order valence-electron chi connectivity index (χ2n) is 2.95. The summed E-state index contributed by atoms with van der Waals surface area (Å²) in [5.74, 6) is -0.222. The van der Waals surface area contributed by atoms with E-state index in [-0.39, 0.29) is 5.82 Å². The van der Waals surface area contributed by atoms with E-state index in [1.54, 1.807) is 12.1 Å². The molecule has 0 radical (unpaired) electrons. The standard InChI is InChI=1S/C8H9N3O2/c9-6-4-5-2-1-3-10-7(5)11(13)8(6)12/h1-3,6,13H,4,9H2. The zero-order valence-electron chi connectivity index (χ0n) is 6.84. The highest BCUT2D eigenvalue weighted by Gasteiger charge is 2.30. The lowest BCUT2D eigenvalue weighted by atomic mass is 10.0. The minimum absolute atomic E-state index is 0.286. The van der Waals surface area contributed by atoms with Gasteiger partial charge in [-0.05, 0) is 11.6 Å². The zero-order valence-corrected chi connectivity index (χ0v) is 6.84. The van der Waals surface area contributed by atoms with Crippen molar-refractivity contribution in [3.63, 3.8) is 0 Å². The number of amides is 1. The molecule has 0 aromatic carbocycles. The molecule has 0 fully saturated rings. The molecule has 1 atom stereocenters. The van der Waals surface area contributed by atoms with Crippen LogP contribution >= 0.6 is 0 Å². The van der Waals surface area contributed by atoms with Crippen LogP contribution in [0.25, 0.3) is 0 Å². The Hall–Kier alpha value is -1.46. The maximum absolute atomic E-state index is 11.2. The molecule has 0 bridgehead atoms. The van der Waals surface area contributed by atoms with Crippen LogP contribution < -0.4 is 10.8 Å². The van der Waals surface area contributed by atoms with Crippen molar-refractivity contribution >= 4 is 11.7 Å². The van der Waals surface area contributed by atoms with Crippen LogP contribution in [0.5, 0.6) is 0 Å². The number of aromatic nitrogens is 1. The summed E-state index contributed by atoms with van der Waals surface area (Å²) in [6, 6.07) is 2.87. The van der Waals surface area contributed by atoms with E-state index in [0.29, 0.717) is 11.5 Å². The number of hydrogen-bond donors (Lipinski definition) is 2. The summed E-state index contributed by atoms with van der Waals surface area (Å²) in [5.41, 5.74) is 6.29. The Morgan fingerprint density at radius 3 is 3.23 bits per heavy atom. The average molecular weight is 179 g/mol. The summed E-state index contributed by atoms with van der Waals surface area (Å²) in [5, 5.41) is 9.86. The first kappa shape index (κ1) is 8.15. The number of hydrogen-bond acceptors (Lipinski definition) is 4. The molecule has 5 nitrogen and oxygen atoms in total. The quantitative estimate of drug-likeness (QED) is 0.535. The monoisotopic (exact) mass is 179 g/mol. The second kappa shape index (κ2) is 2.79. The normalized spacial score (nSPS) is 21.5. The molecule has 2 rings (SSSR count). The highest BCUT2D eigenvalue weighted by atomic mass is 16.5. The fourth-order valence-corrected chi connectivity index (χ4v) is 1.37. The topological polar surface area (TPSA) is 79.4 Å². The van der Waals surface area contributed by atoms with E-state index >= 15 is 0 Å². The van der Waals surface area contributed by atoms with Crippen LogP contribution in [-0.2, 0) is 11.2 Å². The van der Waals surface area contributed by atoms with E-state index in [9.17, 15) is 10.0 Å². The molecule has 68 valence electrons. The van der Waals surface area contributed by atoms with Gasteiger partial charge in [-0.25, -0.2) is 4.98 Å². The Morgan fingerprint density at radius 2 is 2.46 bits per heavy atom. The van der Waals surface area contributed by atoms with Gasteiger partial charge in [0.25, 0.3) is 5.91 Å². The van der Waals surface area contributed by atoms with Crippen molar-refractivity contribution in [3.8, 4) is 0 Å². The number of anilines is 1. The summed E-state index contributed by atoms with van der Waals surface area (Å²) in [4.78, 5) is 15.1. The molecular weight excluding hydrogens is 170 g/mol. The number of nitrogens with zero attached hydrogens (tertiary/aromatic N) is 2. The fraction of sp³-hybridized carbons (Fsp3) is 0.250. The van der Waals surface area contributed by atoms with Crippen LogP contribution in [0.1, 0.15) is 5.56 Å². The molecular formula is C8H9N3O2. The maximum Gasteiger partial charge on any atom is 0.269 e. The molecule has 3 N–H and O–H groups in total. The maximum atomic E-state index is 11.2. The average Bonchev–Trinajstić information content (AvgIpc) is 2.15. The van der Waals surface area contributed by atoms with Crippen molar-refractivity contribution < 1.29 is 10.0 Å². The van der Waals surface area contributed by atoms with Gasteiger partial charge in [0.15, 0.2) is 5.82 Å². The Morgan fingerprint density at radius 1 is 1.69 bits per heavy atom. The number of nitrogens with two attached hydrogens (primary N) is 1. The van der Waals surface area contributed by atoms with Crippen molar-refractivity contribution in [3.05, 3.63) is 23.9 Å². The Bertz CT molecular complexity index is 353. The number of hydroxylamine groups is 1. The SMILES string of the molecule is NC1Cc2cccnc2N(O)C1=O. The van der Waals surface area contributed by atoms with Gasteiger partial charge >= 0.3 is 0 Å². The molecule has 2 heterocycles. The first-order valence-corrected chi connectivity index (χ1v) is 3.92. The van der Waals surface area contributed by atoms with Gasteiger partial charge in [0.1, 0.15) is 0 Å². The van der Waals surface area contributed by atoms with Gasteiger partial charge in [0.05, 0.1) is 6.04 Å². The summed E-state index contributed by atoms with van der Waals surface area (Å²) in [6.45, 7) is 0. The zero-order chi connectivity index (χ0) is 9.42. The van der Waals surface area contributed by atoms with E-state index in [0.717, 1.165) is 5.56 Å². The molecule has 5 heteroatoms. The van der Waals surface area contributed by atoms with E-state index in [4.69, 9.17) is 5.73 Å². The van der Waals surface area contributed by atoms with E-state index in [1.165, 1.54) is 6.20 Å². The lowest BCUT2D eigenvalue weighted by molar-refractivity contribution is -0.125. The molecule has 1 unspecified atom stereocenters. The third kappa shape index (κ3) is 1.18. The molecule has 1 aliphatic heterocycles. The number of carbonyl (C=O) groups is 1. The second-order valence-corrected chi connectivity index (χ2v) is 2.95.